The van der Waals surface area contributed by atoms with Gasteiger partial charge in [-0.05, 0) is 36.4 Å². The number of nitrogens with zero attached hydrogens (tertiary/aromatic N) is 2. The van der Waals surface area contributed by atoms with Crippen LogP contribution in [-0.2, 0) is 4.79 Å². The summed E-state index contributed by atoms with van der Waals surface area (Å²) in [5.74, 6) is 0.0183. The summed E-state index contributed by atoms with van der Waals surface area (Å²) in [6.07, 6.45) is 1.38. The standard InChI is InChI=1S/C19H20N4O2/c1-23(2)16-10-8-15(9-11-16)21-13-14(12-20)19(24)22-17-6-4-5-7-18(17)25-3/h4-11,13,21H,1-3H3,(H,22,24)/b14-13-. The third kappa shape index (κ3) is 4.75. The van der Waals surface area contributed by atoms with Crippen LogP contribution in [0.25, 0.3) is 0 Å². The van der Waals surface area contributed by atoms with E-state index in [1.54, 1.807) is 24.3 Å². The van der Waals surface area contributed by atoms with Crippen LogP contribution < -0.4 is 20.3 Å². The molecule has 2 rings (SSSR count). The molecule has 0 unspecified atom stereocenters. The predicted octanol–water partition coefficient (Wildman–Crippen LogP) is 3.22. The summed E-state index contributed by atoms with van der Waals surface area (Å²) in [5.41, 5.74) is 2.31. The first-order valence-electron chi connectivity index (χ1n) is 7.63. The number of methoxy groups -OCH3 is 1. The van der Waals surface area contributed by atoms with Gasteiger partial charge in [0.25, 0.3) is 5.91 Å². The Morgan fingerprint density at radius 3 is 2.44 bits per heavy atom. The molecule has 0 aromatic heterocycles. The quantitative estimate of drug-likeness (QED) is 0.625. The van der Waals surface area contributed by atoms with Gasteiger partial charge in [-0.1, -0.05) is 12.1 Å². The lowest BCUT2D eigenvalue weighted by molar-refractivity contribution is -0.112. The highest BCUT2D eigenvalue weighted by Crippen LogP contribution is 2.23. The molecule has 0 spiro atoms. The van der Waals surface area contributed by atoms with Gasteiger partial charge < -0.3 is 20.3 Å². The van der Waals surface area contributed by atoms with E-state index in [1.807, 2.05) is 49.3 Å². The molecule has 0 aliphatic carbocycles. The van der Waals surface area contributed by atoms with E-state index in [0.717, 1.165) is 11.4 Å². The van der Waals surface area contributed by atoms with E-state index in [4.69, 9.17) is 4.74 Å². The fourth-order valence-electron chi connectivity index (χ4n) is 2.10. The molecule has 0 fully saturated rings. The van der Waals surface area contributed by atoms with E-state index in [-0.39, 0.29) is 5.57 Å². The van der Waals surface area contributed by atoms with Crippen LogP contribution in [0.1, 0.15) is 0 Å². The molecule has 0 aliphatic rings. The van der Waals surface area contributed by atoms with Gasteiger partial charge in [-0.25, -0.2) is 0 Å². The summed E-state index contributed by atoms with van der Waals surface area (Å²) in [7, 11) is 5.43. The lowest BCUT2D eigenvalue weighted by Gasteiger charge is -2.12. The van der Waals surface area contributed by atoms with Gasteiger partial charge in [0, 0.05) is 31.7 Å². The smallest absolute Gasteiger partial charge is 0.267 e. The fraction of sp³-hybridized carbons (Fsp3) is 0.158. The molecule has 0 saturated carbocycles. The molecule has 25 heavy (non-hydrogen) atoms. The van der Waals surface area contributed by atoms with Crippen molar-refractivity contribution < 1.29 is 9.53 Å². The van der Waals surface area contributed by atoms with E-state index in [9.17, 15) is 10.1 Å². The van der Waals surface area contributed by atoms with Crippen molar-refractivity contribution in [3.8, 4) is 11.8 Å². The van der Waals surface area contributed by atoms with E-state index in [0.29, 0.717) is 11.4 Å². The Kier molecular flexibility index (Phi) is 6.02. The topological polar surface area (TPSA) is 77.4 Å². The number of benzene rings is 2. The lowest BCUT2D eigenvalue weighted by atomic mass is 10.2. The van der Waals surface area contributed by atoms with Crippen molar-refractivity contribution in [1.82, 2.24) is 0 Å². The first kappa shape index (κ1) is 17.9. The Labute approximate surface area is 147 Å². The molecule has 0 heterocycles. The van der Waals surface area contributed by atoms with Crippen molar-refractivity contribution >= 4 is 23.0 Å². The third-order valence-corrected chi connectivity index (χ3v) is 3.49. The van der Waals surface area contributed by atoms with E-state index >= 15 is 0 Å². The van der Waals surface area contributed by atoms with Gasteiger partial charge in [0.2, 0.25) is 0 Å². The normalized spacial score (nSPS) is 10.6. The van der Waals surface area contributed by atoms with Crippen LogP contribution >= 0.6 is 0 Å². The predicted molar refractivity (Wildman–Crippen MR) is 99.7 cm³/mol. The first-order valence-corrected chi connectivity index (χ1v) is 7.63. The van der Waals surface area contributed by atoms with Crippen molar-refractivity contribution in [2.45, 2.75) is 0 Å². The molecule has 0 bridgehead atoms. The summed E-state index contributed by atoms with van der Waals surface area (Å²) in [6.45, 7) is 0. The molecule has 1 amide bonds. The fourth-order valence-corrected chi connectivity index (χ4v) is 2.10. The van der Waals surface area contributed by atoms with Crippen molar-refractivity contribution in [1.29, 1.82) is 5.26 Å². The Morgan fingerprint density at radius 1 is 1.16 bits per heavy atom. The van der Waals surface area contributed by atoms with Crippen LogP contribution in [0.5, 0.6) is 5.75 Å². The van der Waals surface area contributed by atoms with Gasteiger partial charge in [0.1, 0.15) is 17.4 Å². The first-order chi connectivity index (χ1) is 12.0. The molecule has 0 radical (unpaired) electrons. The molecule has 0 atom stereocenters. The number of para-hydroxylation sites is 2. The van der Waals surface area contributed by atoms with Crippen molar-refractivity contribution in [3.63, 3.8) is 0 Å². The van der Waals surface area contributed by atoms with Gasteiger partial charge in [0.15, 0.2) is 0 Å². The lowest BCUT2D eigenvalue weighted by Crippen LogP contribution is -2.15. The summed E-state index contributed by atoms with van der Waals surface area (Å²) >= 11 is 0. The molecule has 0 saturated heterocycles. The minimum atomic E-state index is -0.510. The SMILES string of the molecule is COc1ccccc1NC(=O)/C(C#N)=C\Nc1ccc(N(C)C)cc1. The maximum Gasteiger partial charge on any atom is 0.267 e. The monoisotopic (exact) mass is 336 g/mol. The summed E-state index contributed by atoms with van der Waals surface area (Å²) < 4.78 is 5.18. The number of ether oxygens (including phenoxy) is 1. The number of nitriles is 1. The van der Waals surface area contributed by atoms with Crippen LogP contribution in [0, 0.1) is 11.3 Å². The summed E-state index contributed by atoms with van der Waals surface area (Å²) in [6, 6.07) is 16.5. The minimum Gasteiger partial charge on any atom is -0.495 e. The molecule has 6 nitrogen and oxygen atoms in total. The van der Waals surface area contributed by atoms with Gasteiger partial charge in [0.05, 0.1) is 12.8 Å². The van der Waals surface area contributed by atoms with E-state index in [1.165, 1.54) is 13.3 Å². The number of hydrogen-bond acceptors (Lipinski definition) is 5. The Bertz CT molecular complexity index is 805. The van der Waals surface area contributed by atoms with Crippen LogP contribution in [0.4, 0.5) is 17.1 Å². The van der Waals surface area contributed by atoms with Crippen LogP contribution in [0.2, 0.25) is 0 Å². The van der Waals surface area contributed by atoms with Gasteiger partial charge in [-0.3, -0.25) is 4.79 Å². The Hall–Kier alpha value is -3.46. The maximum atomic E-state index is 12.3. The third-order valence-electron chi connectivity index (χ3n) is 3.49. The Morgan fingerprint density at radius 2 is 1.84 bits per heavy atom. The molecule has 2 aromatic carbocycles. The molecular formula is C19H20N4O2. The van der Waals surface area contributed by atoms with E-state index < -0.39 is 5.91 Å². The molecular weight excluding hydrogens is 316 g/mol. The minimum absolute atomic E-state index is 0.0393. The second kappa shape index (κ2) is 8.41. The second-order valence-electron chi connectivity index (χ2n) is 5.41. The largest absolute Gasteiger partial charge is 0.495 e. The van der Waals surface area contributed by atoms with Crippen LogP contribution in [0.3, 0.4) is 0 Å². The van der Waals surface area contributed by atoms with Crippen molar-refractivity contribution in [2.75, 3.05) is 36.7 Å². The Balaban J connectivity index is 2.09. The average Bonchev–Trinajstić information content (AvgIpc) is 2.63. The number of carbonyl (C=O) groups is 1. The molecule has 2 aromatic rings. The van der Waals surface area contributed by atoms with Gasteiger partial charge >= 0.3 is 0 Å². The van der Waals surface area contributed by atoms with Gasteiger partial charge in [-0.2, -0.15) is 5.26 Å². The van der Waals surface area contributed by atoms with Crippen LogP contribution in [-0.4, -0.2) is 27.1 Å². The number of rotatable bonds is 6. The number of carbonyl (C=O) groups excluding carboxylic acids is 1. The zero-order valence-electron chi connectivity index (χ0n) is 14.4. The zero-order chi connectivity index (χ0) is 18.2. The summed E-state index contributed by atoms with van der Waals surface area (Å²) in [4.78, 5) is 14.3. The number of amides is 1. The number of nitrogens with one attached hydrogen (secondary N) is 2. The van der Waals surface area contributed by atoms with Crippen LogP contribution in [0.15, 0.2) is 60.3 Å². The number of anilines is 3. The zero-order valence-corrected chi connectivity index (χ0v) is 14.4. The summed E-state index contributed by atoms with van der Waals surface area (Å²) in [5, 5.41) is 14.9. The highest BCUT2D eigenvalue weighted by molar-refractivity contribution is 6.07. The van der Waals surface area contributed by atoms with Crippen molar-refractivity contribution in [2.24, 2.45) is 0 Å². The maximum absolute atomic E-state index is 12.3. The molecule has 0 aliphatic heterocycles. The number of hydrogen-bond donors (Lipinski definition) is 2. The van der Waals surface area contributed by atoms with Gasteiger partial charge in [-0.15, -0.1) is 0 Å². The molecule has 128 valence electrons. The highest BCUT2D eigenvalue weighted by Gasteiger charge is 2.11. The molecule has 2 N–H and O–H groups in total. The van der Waals surface area contributed by atoms with E-state index in [2.05, 4.69) is 10.6 Å². The van der Waals surface area contributed by atoms with Crippen molar-refractivity contribution in [3.05, 3.63) is 60.3 Å². The second-order valence-corrected chi connectivity index (χ2v) is 5.41. The molecule has 6 heteroatoms. The highest BCUT2D eigenvalue weighted by atomic mass is 16.5. The average molecular weight is 336 g/mol.